The molecule has 0 spiro atoms. The van der Waals surface area contributed by atoms with Crippen molar-refractivity contribution < 1.29 is 0 Å². The van der Waals surface area contributed by atoms with Crippen molar-refractivity contribution in [1.29, 1.82) is 0 Å². The third kappa shape index (κ3) is 5.17. The minimum absolute atomic E-state index is 0.246. The van der Waals surface area contributed by atoms with Gasteiger partial charge in [-0.2, -0.15) is 21.5 Å². The molecule has 0 fully saturated rings. The Balaban J connectivity index is 2.65. The molecule has 0 aromatic carbocycles. The van der Waals surface area contributed by atoms with Crippen LogP contribution in [0.25, 0.3) is 0 Å². The number of nitrogens with zero attached hydrogens (tertiary/aromatic N) is 4. The van der Waals surface area contributed by atoms with Crippen LogP contribution in [0.5, 0.6) is 0 Å². The van der Waals surface area contributed by atoms with Gasteiger partial charge in [0.05, 0.1) is 12.4 Å². The topological polar surface area (TPSA) is 126 Å². The van der Waals surface area contributed by atoms with E-state index in [4.69, 9.17) is 11.5 Å². The Bertz CT molecular complexity index is 469. The van der Waals surface area contributed by atoms with Gasteiger partial charge in [0.25, 0.3) is 0 Å². The molecule has 19 heavy (non-hydrogen) atoms. The highest BCUT2D eigenvalue weighted by atomic mass is 32.1. The summed E-state index contributed by atoms with van der Waals surface area (Å²) >= 11 is 1.53. The molecule has 0 aliphatic heterocycles. The minimum Gasteiger partial charge on any atom is -0.369 e. The molecule has 0 saturated heterocycles. The summed E-state index contributed by atoms with van der Waals surface area (Å²) in [7, 11) is 3.15. The Morgan fingerprint density at radius 2 is 1.42 bits per heavy atom. The van der Waals surface area contributed by atoms with E-state index in [0.717, 1.165) is 11.1 Å². The van der Waals surface area contributed by atoms with Gasteiger partial charge in [0.1, 0.15) is 0 Å². The van der Waals surface area contributed by atoms with Crippen LogP contribution >= 0.6 is 11.3 Å². The van der Waals surface area contributed by atoms with E-state index in [2.05, 4.69) is 31.0 Å². The molecular formula is C10H16N8S. The number of thiophene rings is 1. The molecule has 1 aromatic rings. The molecule has 0 saturated carbocycles. The van der Waals surface area contributed by atoms with Gasteiger partial charge in [-0.1, -0.05) is 0 Å². The summed E-state index contributed by atoms with van der Waals surface area (Å²) in [5, 5.41) is 11.8. The largest absolute Gasteiger partial charge is 0.369 e. The molecule has 0 amide bonds. The maximum Gasteiger partial charge on any atom is 0.209 e. The Hall–Kier alpha value is -2.42. The van der Waals surface area contributed by atoms with Crippen molar-refractivity contribution in [2.45, 2.75) is 0 Å². The van der Waals surface area contributed by atoms with E-state index in [1.807, 2.05) is 10.8 Å². The van der Waals surface area contributed by atoms with E-state index in [9.17, 15) is 0 Å². The van der Waals surface area contributed by atoms with E-state index in [1.54, 1.807) is 26.5 Å². The van der Waals surface area contributed by atoms with Gasteiger partial charge in [-0.3, -0.25) is 9.98 Å². The molecular weight excluding hydrogens is 264 g/mol. The molecule has 102 valence electrons. The monoisotopic (exact) mass is 280 g/mol. The smallest absolute Gasteiger partial charge is 0.209 e. The predicted octanol–water partition coefficient (Wildman–Crippen LogP) is -0.516. The number of nitrogens with one attached hydrogen (secondary N) is 2. The van der Waals surface area contributed by atoms with Crippen molar-refractivity contribution in [2.24, 2.45) is 31.7 Å². The van der Waals surface area contributed by atoms with Gasteiger partial charge >= 0.3 is 0 Å². The molecule has 0 aliphatic rings. The molecule has 1 aromatic heterocycles. The second-order valence-corrected chi connectivity index (χ2v) is 3.98. The van der Waals surface area contributed by atoms with Crippen molar-refractivity contribution in [3.63, 3.8) is 0 Å². The van der Waals surface area contributed by atoms with Gasteiger partial charge in [0.15, 0.2) is 0 Å². The van der Waals surface area contributed by atoms with Crippen molar-refractivity contribution in [3.05, 3.63) is 21.9 Å². The summed E-state index contributed by atoms with van der Waals surface area (Å²) in [4.78, 5) is 7.43. The number of hydrogen-bond acceptors (Lipinski definition) is 5. The molecule has 8 nitrogen and oxygen atoms in total. The molecule has 0 radical (unpaired) electrons. The van der Waals surface area contributed by atoms with Crippen molar-refractivity contribution in [3.8, 4) is 0 Å². The summed E-state index contributed by atoms with van der Waals surface area (Å²) in [6.07, 6.45) is 3.26. The molecule has 0 bridgehead atoms. The number of aliphatic imine (C=N–C) groups is 2. The lowest BCUT2D eigenvalue weighted by atomic mass is 10.2. The maximum absolute atomic E-state index is 5.44. The normalized spacial score (nSPS) is 13.4. The lowest BCUT2D eigenvalue weighted by Crippen LogP contribution is -2.27. The summed E-state index contributed by atoms with van der Waals surface area (Å²) in [6, 6.07) is 0. The van der Waals surface area contributed by atoms with Gasteiger partial charge in [-0.25, -0.2) is 10.9 Å². The fourth-order valence-electron chi connectivity index (χ4n) is 0.963. The molecule has 0 aliphatic carbocycles. The zero-order valence-electron chi connectivity index (χ0n) is 10.7. The first-order chi connectivity index (χ1) is 9.17. The third-order valence-corrected chi connectivity index (χ3v) is 2.75. The first-order valence-corrected chi connectivity index (χ1v) is 6.20. The summed E-state index contributed by atoms with van der Waals surface area (Å²) in [6.45, 7) is 0. The molecule has 0 atom stereocenters. The Morgan fingerprint density at radius 3 is 1.79 bits per heavy atom. The van der Waals surface area contributed by atoms with E-state index >= 15 is 0 Å². The van der Waals surface area contributed by atoms with Crippen molar-refractivity contribution in [2.75, 3.05) is 14.1 Å². The highest BCUT2D eigenvalue weighted by Crippen LogP contribution is 2.10. The van der Waals surface area contributed by atoms with Gasteiger partial charge in [0, 0.05) is 36.0 Å². The van der Waals surface area contributed by atoms with E-state index in [1.165, 1.54) is 11.3 Å². The quantitative estimate of drug-likeness (QED) is 0.336. The average Bonchev–Trinajstić information content (AvgIpc) is 2.86. The second kappa shape index (κ2) is 7.82. The van der Waals surface area contributed by atoms with Gasteiger partial charge in [-0.15, -0.1) is 0 Å². The number of nitrogens with two attached hydrogens (primary N) is 2. The third-order valence-electron chi connectivity index (χ3n) is 1.97. The molecule has 1 rings (SSSR count). The highest BCUT2D eigenvalue weighted by molar-refractivity contribution is 7.08. The molecule has 6 N–H and O–H groups in total. The Kier molecular flexibility index (Phi) is 6.03. The average molecular weight is 280 g/mol. The van der Waals surface area contributed by atoms with Crippen molar-refractivity contribution >= 4 is 35.7 Å². The summed E-state index contributed by atoms with van der Waals surface area (Å²) in [5.41, 5.74) is 17.9. The minimum atomic E-state index is 0.246. The van der Waals surface area contributed by atoms with Gasteiger partial charge < -0.3 is 11.5 Å². The predicted molar refractivity (Wildman–Crippen MR) is 80.9 cm³/mol. The van der Waals surface area contributed by atoms with Crippen LogP contribution in [-0.4, -0.2) is 38.4 Å². The van der Waals surface area contributed by atoms with Crippen LogP contribution in [0.4, 0.5) is 0 Å². The zero-order chi connectivity index (χ0) is 14.1. The van der Waals surface area contributed by atoms with Gasteiger partial charge in [-0.05, 0) is 0 Å². The maximum atomic E-state index is 5.44. The second-order valence-electron chi connectivity index (χ2n) is 3.24. The first-order valence-electron chi connectivity index (χ1n) is 5.26. The summed E-state index contributed by atoms with van der Waals surface area (Å²) < 4.78 is 0. The molecule has 1 heterocycles. The SMILES string of the molecule is CN=C(N)N/N=C/c1cscc1/C=N/NC(N)=NC. The number of guanidine groups is 2. The van der Waals surface area contributed by atoms with E-state index in [-0.39, 0.29) is 11.9 Å². The van der Waals surface area contributed by atoms with Crippen LogP contribution in [0.3, 0.4) is 0 Å². The molecule has 9 heteroatoms. The van der Waals surface area contributed by atoms with Crippen LogP contribution in [0.15, 0.2) is 30.9 Å². The van der Waals surface area contributed by atoms with Crippen LogP contribution in [0, 0.1) is 0 Å². The highest BCUT2D eigenvalue weighted by Gasteiger charge is 1.98. The first kappa shape index (κ1) is 14.6. The van der Waals surface area contributed by atoms with Gasteiger partial charge in [0.2, 0.25) is 11.9 Å². The van der Waals surface area contributed by atoms with Crippen LogP contribution < -0.4 is 22.3 Å². The van der Waals surface area contributed by atoms with Crippen molar-refractivity contribution in [1.82, 2.24) is 10.9 Å². The lowest BCUT2D eigenvalue weighted by molar-refractivity contribution is 1.01. The fraction of sp³-hybridized carbons (Fsp3) is 0.200. The summed E-state index contributed by atoms with van der Waals surface area (Å²) in [5.74, 6) is 0.491. The van der Waals surface area contributed by atoms with E-state index in [0.29, 0.717) is 0 Å². The Labute approximate surface area is 115 Å². The standard InChI is InChI=1S/C10H16N8S/c1-13-9(11)17-15-3-7-5-19-6-8(7)4-16-18-10(12)14-2/h3-6H,1-2H3,(H3,11,13,17)(H3,12,14,18)/b15-3+,16-4+. The zero-order valence-corrected chi connectivity index (χ0v) is 11.5. The number of hydrogen-bond donors (Lipinski definition) is 4. The number of rotatable bonds is 4. The fourth-order valence-corrected chi connectivity index (χ4v) is 1.72. The lowest BCUT2D eigenvalue weighted by Gasteiger charge is -1.97. The van der Waals surface area contributed by atoms with E-state index < -0.39 is 0 Å². The molecule has 0 unspecified atom stereocenters. The Morgan fingerprint density at radius 1 is 1.00 bits per heavy atom. The number of hydrazone groups is 2. The van der Waals surface area contributed by atoms with Crippen LogP contribution in [0.2, 0.25) is 0 Å². The van der Waals surface area contributed by atoms with Crippen LogP contribution in [-0.2, 0) is 0 Å². The van der Waals surface area contributed by atoms with Crippen LogP contribution in [0.1, 0.15) is 11.1 Å².